The van der Waals surface area contributed by atoms with Gasteiger partial charge in [-0.15, -0.1) is 0 Å². The van der Waals surface area contributed by atoms with E-state index in [0.717, 1.165) is 43.4 Å². The Morgan fingerprint density at radius 1 is 1.08 bits per heavy atom. The van der Waals surface area contributed by atoms with Gasteiger partial charge >= 0.3 is 0 Å². The number of rotatable bonds is 4. The number of anilines is 1. The Balaban J connectivity index is 1.47. The van der Waals surface area contributed by atoms with Gasteiger partial charge in [0.1, 0.15) is 0 Å². The molecule has 2 aromatic rings. The summed E-state index contributed by atoms with van der Waals surface area (Å²) in [5.74, 6) is 0. The highest BCUT2D eigenvalue weighted by atomic mass is 16.3. The van der Waals surface area contributed by atoms with Gasteiger partial charge < -0.3 is 10.0 Å². The van der Waals surface area contributed by atoms with Gasteiger partial charge in [-0.2, -0.15) is 0 Å². The number of hydrogen-bond donors (Lipinski definition) is 1. The van der Waals surface area contributed by atoms with Gasteiger partial charge in [-0.05, 0) is 31.0 Å². The second-order valence-electron chi connectivity index (χ2n) is 7.48. The van der Waals surface area contributed by atoms with Gasteiger partial charge in [0.2, 0.25) is 0 Å². The fourth-order valence-electron chi connectivity index (χ4n) is 4.40. The molecule has 1 aliphatic heterocycles. The zero-order chi connectivity index (χ0) is 17.9. The summed E-state index contributed by atoms with van der Waals surface area (Å²) in [7, 11) is 0. The average molecular weight is 356 g/mol. The molecule has 1 aromatic carbocycles. The summed E-state index contributed by atoms with van der Waals surface area (Å²) >= 11 is 0. The van der Waals surface area contributed by atoms with E-state index in [4.69, 9.17) is 5.11 Å². The lowest BCUT2D eigenvalue weighted by Gasteiger charge is -2.41. The minimum atomic E-state index is -0.0854. The van der Waals surface area contributed by atoms with Crippen molar-refractivity contribution in [1.29, 1.82) is 0 Å². The van der Waals surface area contributed by atoms with E-state index < -0.39 is 0 Å². The van der Waals surface area contributed by atoms with E-state index in [1.54, 1.807) is 0 Å². The minimum absolute atomic E-state index is 0.0591. The molecule has 0 atom stereocenters. The monoisotopic (exact) mass is 356 g/mol. The number of aromatic nitrogens is 2. The normalized spacial score (nSPS) is 20.0. The van der Waals surface area contributed by atoms with E-state index in [1.807, 2.05) is 18.2 Å². The maximum Gasteiger partial charge on any atom is 0.261 e. The molecule has 1 N–H and O–H groups in total. The molecule has 0 spiro atoms. The topological polar surface area (TPSA) is 61.6 Å². The number of nitrogens with zero attached hydrogens (tertiary/aromatic N) is 4. The Hall–Kier alpha value is -1.92. The predicted octanol–water partition coefficient (Wildman–Crippen LogP) is 1.84. The van der Waals surface area contributed by atoms with Crippen LogP contribution in [0.1, 0.15) is 32.1 Å². The number of aliphatic hydroxyl groups excluding tert-OH is 1. The van der Waals surface area contributed by atoms with Crippen molar-refractivity contribution >= 4 is 16.6 Å². The zero-order valence-electron chi connectivity index (χ0n) is 15.3. The van der Waals surface area contributed by atoms with Crippen LogP contribution in [0.5, 0.6) is 0 Å². The average Bonchev–Trinajstić information content (AvgIpc) is 2.71. The van der Waals surface area contributed by atoms with Crippen LogP contribution in [0.4, 0.5) is 5.69 Å². The first-order chi connectivity index (χ1) is 12.8. The maximum atomic E-state index is 12.4. The van der Waals surface area contributed by atoms with Crippen molar-refractivity contribution < 1.29 is 5.11 Å². The second-order valence-corrected chi connectivity index (χ2v) is 7.48. The Morgan fingerprint density at radius 3 is 2.58 bits per heavy atom. The van der Waals surface area contributed by atoms with Crippen LogP contribution < -0.4 is 10.5 Å². The van der Waals surface area contributed by atoms with Crippen LogP contribution in [0.25, 0.3) is 10.9 Å². The highest BCUT2D eigenvalue weighted by Crippen LogP contribution is 2.25. The van der Waals surface area contributed by atoms with Gasteiger partial charge in [0.15, 0.2) is 0 Å². The molecule has 2 aliphatic rings. The highest BCUT2D eigenvalue weighted by Gasteiger charge is 2.25. The quantitative estimate of drug-likeness (QED) is 0.906. The summed E-state index contributed by atoms with van der Waals surface area (Å²) in [6.45, 7) is 4.53. The molecule has 0 bridgehead atoms. The lowest BCUT2D eigenvalue weighted by Crippen LogP contribution is -2.50. The molecular weight excluding hydrogens is 328 g/mol. The zero-order valence-corrected chi connectivity index (χ0v) is 15.3. The van der Waals surface area contributed by atoms with Gasteiger partial charge in [-0.25, -0.2) is 4.98 Å². The van der Waals surface area contributed by atoms with Crippen molar-refractivity contribution in [1.82, 2.24) is 14.5 Å². The fourth-order valence-corrected chi connectivity index (χ4v) is 4.40. The summed E-state index contributed by atoms with van der Waals surface area (Å²) in [4.78, 5) is 21.9. The lowest BCUT2D eigenvalue weighted by atomic mass is 9.94. The Labute approximate surface area is 154 Å². The van der Waals surface area contributed by atoms with Gasteiger partial charge in [0, 0.05) is 37.9 Å². The van der Waals surface area contributed by atoms with Gasteiger partial charge in [0.05, 0.1) is 30.4 Å². The summed E-state index contributed by atoms with van der Waals surface area (Å²) in [6.07, 6.45) is 8.43. The van der Waals surface area contributed by atoms with Crippen molar-refractivity contribution in [2.45, 2.75) is 44.7 Å². The van der Waals surface area contributed by atoms with Crippen LogP contribution in [0.2, 0.25) is 0 Å². The first-order valence-electron chi connectivity index (χ1n) is 9.85. The lowest BCUT2D eigenvalue weighted by molar-refractivity contribution is 0.148. The van der Waals surface area contributed by atoms with Crippen LogP contribution in [0.15, 0.2) is 29.3 Å². The molecule has 1 aliphatic carbocycles. The third-order valence-corrected chi connectivity index (χ3v) is 5.92. The van der Waals surface area contributed by atoms with Crippen LogP contribution in [-0.4, -0.2) is 58.4 Å². The largest absolute Gasteiger partial charge is 0.395 e. The molecule has 0 radical (unpaired) electrons. The SMILES string of the molecule is O=c1c2ccc(N3CCN(C4CCCCC4)CC3)cc2ncn1CCO. The summed E-state index contributed by atoms with van der Waals surface area (Å²) < 4.78 is 1.46. The number of aliphatic hydroxyl groups is 1. The molecule has 140 valence electrons. The molecule has 1 aromatic heterocycles. The molecule has 2 heterocycles. The maximum absolute atomic E-state index is 12.4. The van der Waals surface area contributed by atoms with Gasteiger partial charge in [-0.3, -0.25) is 14.3 Å². The van der Waals surface area contributed by atoms with Crippen molar-refractivity contribution in [3.63, 3.8) is 0 Å². The van der Waals surface area contributed by atoms with E-state index in [-0.39, 0.29) is 18.7 Å². The molecule has 2 fully saturated rings. The Bertz CT molecular complexity index is 805. The molecule has 0 unspecified atom stereocenters. The molecular formula is C20H28N4O2. The van der Waals surface area contributed by atoms with Crippen molar-refractivity contribution in [2.75, 3.05) is 37.7 Å². The third-order valence-electron chi connectivity index (χ3n) is 5.92. The highest BCUT2D eigenvalue weighted by molar-refractivity contribution is 5.81. The second kappa shape index (κ2) is 7.76. The summed E-state index contributed by atoms with van der Waals surface area (Å²) in [5.41, 5.74) is 1.79. The molecule has 4 rings (SSSR count). The van der Waals surface area contributed by atoms with Crippen molar-refractivity contribution in [2.24, 2.45) is 0 Å². The fraction of sp³-hybridized carbons (Fsp3) is 0.600. The Morgan fingerprint density at radius 2 is 1.85 bits per heavy atom. The first-order valence-corrected chi connectivity index (χ1v) is 9.85. The van der Waals surface area contributed by atoms with Crippen molar-refractivity contribution in [3.8, 4) is 0 Å². The number of benzene rings is 1. The van der Waals surface area contributed by atoms with Crippen LogP contribution >= 0.6 is 0 Å². The molecule has 1 saturated carbocycles. The Kier molecular flexibility index (Phi) is 5.22. The van der Waals surface area contributed by atoms with Crippen LogP contribution in [0, 0.1) is 0 Å². The van der Waals surface area contributed by atoms with E-state index >= 15 is 0 Å². The third kappa shape index (κ3) is 3.48. The number of fused-ring (bicyclic) bond motifs is 1. The number of hydrogen-bond acceptors (Lipinski definition) is 5. The smallest absolute Gasteiger partial charge is 0.261 e. The summed E-state index contributed by atoms with van der Waals surface area (Å²) in [5, 5.41) is 9.66. The van der Waals surface area contributed by atoms with E-state index in [9.17, 15) is 4.79 Å². The van der Waals surface area contributed by atoms with E-state index in [2.05, 4.69) is 14.8 Å². The number of piperazine rings is 1. The molecule has 1 saturated heterocycles. The minimum Gasteiger partial charge on any atom is -0.395 e. The van der Waals surface area contributed by atoms with Gasteiger partial charge in [0.25, 0.3) is 5.56 Å². The predicted molar refractivity (Wildman–Crippen MR) is 104 cm³/mol. The van der Waals surface area contributed by atoms with Crippen molar-refractivity contribution in [3.05, 3.63) is 34.9 Å². The van der Waals surface area contributed by atoms with Crippen LogP contribution in [0.3, 0.4) is 0 Å². The van der Waals surface area contributed by atoms with Crippen LogP contribution in [-0.2, 0) is 6.54 Å². The van der Waals surface area contributed by atoms with Gasteiger partial charge in [-0.1, -0.05) is 19.3 Å². The molecule has 26 heavy (non-hydrogen) atoms. The molecule has 6 heteroatoms. The summed E-state index contributed by atoms with van der Waals surface area (Å²) in [6, 6.07) is 6.72. The van der Waals surface area contributed by atoms with E-state index in [1.165, 1.54) is 43.0 Å². The first kappa shape index (κ1) is 17.5. The molecule has 6 nitrogen and oxygen atoms in total. The molecule has 0 amide bonds. The standard InChI is InChI=1S/C20H28N4O2/c25-13-12-24-15-21-19-14-17(6-7-18(19)20(24)26)23-10-8-22(9-11-23)16-4-2-1-3-5-16/h6-7,14-16,25H,1-5,8-13H2. The van der Waals surface area contributed by atoms with E-state index in [0.29, 0.717) is 5.39 Å².